The van der Waals surface area contributed by atoms with Crippen LogP contribution in [0, 0.1) is 0 Å². The van der Waals surface area contributed by atoms with Gasteiger partial charge >= 0.3 is 0 Å². The van der Waals surface area contributed by atoms with Gasteiger partial charge in [0.1, 0.15) is 6.23 Å². The molecule has 0 bridgehead atoms. The highest BCUT2D eigenvalue weighted by Crippen LogP contribution is 2.10. The summed E-state index contributed by atoms with van der Waals surface area (Å²) in [5, 5.41) is 11.2. The number of hydrogen-bond acceptors (Lipinski definition) is 3. The van der Waals surface area contributed by atoms with Crippen molar-refractivity contribution in [3.05, 3.63) is 0 Å². The van der Waals surface area contributed by atoms with Gasteiger partial charge in [0.2, 0.25) is 0 Å². The Labute approximate surface area is 126 Å². The Balaban J connectivity index is 3.23. The van der Waals surface area contributed by atoms with E-state index in [1.54, 1.807) is 12.0 Å². The van der Waals surface area contributed by atoms with Gasteiger partial charge in [-0.1, -0.05) is 71.6 Å². The molecule has 0 aromatic rings. The summed E-state index contributed by atoms with van der Waals surface area (Å²) in [5.41, 5.74) is 0. The first-order chi connectivity index (χ1) is 9.72. The van der Waals surface area contributed by atoms with Crippen LogP contribution in [0.5, 0.6) is 0 Å². The maximum atomic E-state index is 9.51. The predicted octanol–water partition coefficient (Wildman–Crippen LogP) is 4.89. The lowest BCUT2D eigenvalue weighted by Gasteiger charge is -2.23. The normalized spacial score (nSPS) is 13.1. The van der Waals surface area contributed by atoms with Gasteiger partial charge in [-0.25, -0.2) is 0 Å². The molecule has 0 aromatic heterocycles. The Morgan fingerprint density at radius 3 is 1.75 bits per heavy atom. The third-order valence-corrected chi connectivity index (χ3v) is 3.62. The standard InChI is InChI=1S/C17H37NO2/c1-4-6-7-8-9-10-11-12-13-14-16-20-18(15-5-2)17(3)19/h17,19H,4-16H2,1-3H3. The second-order valence-corrected chi connectivity index (χ2v) is 5.79. The summed E-state index contributed by atoms with van der Waals surface area (Å²) in [6, 6.07) is 0. The van der Waals surface area contributed by atoms with Gasteiger partial charge in [0.15, 0.2) is 0 Å². The molecule has 0 spiro atoms. The molecule has 0 saturated heterocycles. The number of rotatable bonds is 15. The number of hydroxylamine groups is 2. The fourth-order valence-corrected chi connectivity index (χ4v) is 2.35. The van der Waals surface area contributed by atoms with Gasteiger partial charge in [0.05, 0.1) is 6.61 Å². The molecular weight excluding hydrogens is 250 g/mol. The van der Waals surface area contributed by atoms with Gasteiger partial charge in [0.25, 0.3) is 0 Å². The molecule has 0 radical (unpaired) electrons. The van der Waals surface area contributed by atoms with Crippen molar-refractivity contribution in [2.45, 2.75) is 97.6 Å². The van der Waals surface area contributed by atoms with Gasteiger partial charge in [-0.05, 0) is 19.8 Å². The summed E-state index contributed by atoms with van der Waals surface area (Å²) in [5.74, 6) is 0. The van der Waals surface area contributed by atoms with E-state index in [9.17, 15) is 5.11 Å². The average Bonchev–Trinajstić information content (AvgIpc) is 2.43. The van der Waals surface area contributed by atoms with Crippen LogP contribution in [-0.4, -0.2) is 29.5 Å². The molecule has 0 aliphatic carbocycles. The maximum Gasteiger partial charge on any atom is 0.127 e. The molecule has 1 unspecified atom stereocenters. The highest BCUT2D eigenvalue weighted by atomic mass is 16.7. The number of hydrogen-bond donors (Lipinski definition) is 1. The van der Waals surface area contributed by atoms with Gasteiger partial charge in [-0.15, -0.1) is 0 Å². The van der Waals surface area contributed by atoms with Crippen LogP contribution in [0.25, 0.3) is 0 Å². The van der Waals surface area contributed by atoms with Crippen molar-refractivity contribution >= 4 is 0 Å². The van der Waals surface area contributed by atoms with E-state index in [0.717, 1.165) is 26.0 Å². The smallest absolute Gasteiger partial charge is 0.127 e. The van der Waals surface area contributed by atoms with Crippen molar-refractivity contribution in [2.75, 3.05) is 13.2 Å². The Bertz CT molecular complexity index is 186. The van der Waals surface area contributed by atoms with Crippen molar-refractivity contribution in [1.29, 1.82) is 0 Å². The number of aliphatic hydroxyl groups is 1. The van der Waals surface area contributed by atoms with Crippen LogP contribution in [0.4, 0.5) is 0 Å². The molecule has 0 aromatic carbocycles. The van der Waals surface area contributed by atoms with Crippen LogP contribution in [0.3, 0.4) is 0 Å². The van der Waals surface area contributed by atoms with Crippen molar-refractivity contribution in [2.24, 2.45) is 0 Å². The minimum absolute atomic E-state index is 0.502. The first-order valence-corrected chi connectivity index (χ1v) is 8.80. The zero-order valence-electron chi connectivity index (χ0n) is 14.1. The van der Waals surface area contributed by atoms with E-state index in [1.165, 1.54) is 57.8 Å². The molecule has 0 fully saturated rings. The molecule has 0 aliphatic rings. The monoisotopic (exact) mass is 287 g/mol. The SMILES string of the molecule is CCCCCCCCCCCCON(CCC)C(C)O. The first-order valence-electron chi connectivity index (χ1n) is 8.80. The second-order valence-electron chi connectivity index (χ2n) is 5.79. The second kappa shape index (κ2) is 15.3. The summed E-state index contributed by atoms with van der Waals surface area (Å²) in [6.45, 7) is 7.66. The molecule has 0 heterocycles. The van der Waals surface area contributed by atoms with Crippen LogP contribution >= 0.6 is 0 Å². The summed E-state index contributed by atoms with van der Waals surface area (Å²) >= 11 is 0. The van der Waals surface area contributed by atoms with E-state index in [-0.39, 0.29) is 0 Å². The highest BCUT2D eigenvalue weighted by Gasteiger charge is 2.09. The Morgan fingerprint density at radius 1 is 0.800 bits per heavy atom. The Kier molecular flexibility index (Phi) is 15.2. The van der Waals surface area contributed by atoms with Crippen LogP contribution in [0.2, 0.25) is 0 Å². The Hall–Kier alpha value is -0.120. The molecule has 3 nitrogen and oxygen atoms in total. The molecule has 0 saturated carbocycles. The molecule has 0 aliphatic heterocycles. The lowest BCUT2D eigenvalue weighted by molar-refractivity contribution is -0.233. The van der Waals surface area contributed by atoms with E-state index < -0.39 is 6.23 Å². The summed E-state index contributed by atoms with van der Waals surface area (Å²) in [4.78, 5) is 5.60. The molecule has 1 N–H and O–H groups in total. The largest absolute Gasteiger partial charge is 0.377 e. The van der Waals surface area contributed by atoms with Crippen LogP contribution < -0.4 is 0 Å². The van der Waals surface area contributed by atoms with Crippen LogP contribution in [-0.2, 0) is 4.84 Å². The number of nitrogens with zero attached hydrogens (tertiary/aromatic N) is 1. The van der Waals surface area contributed by atoms with E-state index in [2.05, 4.69) is 13.8 Å². The molecule has 122 valence electrons. The minimum atomic E-state index is -0.502. The van der Waals surface area contributed by atoms with Crippen molar-refractivity contribution in [1.82, 2.24) is 5.06 Å². The average molecular weight is 287 g/mol. The van der Waals surface area contributed by atoms with E-state index >= 15 is 0 Å². The topological polar surface area (TPSA) is 32.7 Å². The first kappa shape index (κ1) is 19.9. The summed E-state index contributed by atoms with van der Waals surface area (Å²) < 4.78 is 0. The number of aliphatic hydroxyl groups excluding tert-OH is 1. The van der Waals surface area contributed by atoms with Crippen LogP contribution in [0.15, 0.2) is 0 Å². The maximum absolute atomic E-state index is 9.51. The van der Waals surface area contributed by atoms with E-state index in [0.29, 0.717) is 0 Å². The zero-order chi connectivity index (χ0) is 15.1. The van der Waals surface area contributed by atoms with Gasteiger partial charge in [-0.2, -0.15) is 5.06 Å². The zero-order valence-corrected chi connectivity index (χ0v) is 14.1. The quantitative estimate of drug-likeness (QED) is 0.264. The molecular formula is C17H37NO2. The number of unbranched alkanes of at least 4 members (excludes halogenated alkanes) is 9. The molecule has 0 rings (SSSR count). The van der Waals surface area contributed by atoms with E-state index in [4.69, 9.17) is 4.84 Å². The fourth-order valence-electron chi connectivity index (χ4n) is 2.35. The molecule has 0 amide bonds. The van der Waals surface area contributed by atoms with E-state index in [1.807, 2.05) is 0 Å². The predicted molar refractivity (Wildman–Crippen MR) is 86.5 cm³/mol. The van der Waals surface area contributed by atoms with Crippen LogP contribution in [0.1, 0.15) is 91.4 Å². The molecule has 20 heavy (non-hydrogen) atoms. The fraction of sp³-hybridized carbons (Fsp3) is 1.00. The van der Waals surface area contributed by atoms with Crippen molar-refractivity contribution < 1.29 is 9.94 Å². The third kappa shape index (κ3) is 12.9. The lowest BCUT2D eigenvalue weighted by atomic mass is 10.1. The minimum Gasteiger partial charge on any atom is -0.377 e. The van der Waals surface area contributed by atoms with Crippen molar-refractivity contribution in [3.8, 4) is 0 Å². The molecule has 1 atom stereocenters. The Morgan fingerprint density at radius 2 is 1.30 bits per heavy atom. The summed E-state index contributed by atoms with van der Waals surface area (Å²) in [6.07, 6.45) is 13.9. The third-order valence-electron chi connectivity index (χ3n) is 3.62. The van der Waals surface area contributed by atoms with Crippen molar-refractivity contribution in [3.63, 3.8) is 0 Å². The van der Waals surface area contributed by atoms with Gasteiger partial charge < -0.3 is 5.11 Å². The van der Waals surface area contributed by atoms with Gasteiger partial charge in [0, 0.05) is 6.54 Å². The summed E-state index contributed by atoms with van der Waals surface area (Å²) in [7, 11) is 0. The molecule has 3 heteroatoms. The van der Waals surface area contributed by atoms with Gasteiger partial charge in [-0.3, -0.25) is 4.84 Å². The highest BCUT2D eigenvalue weighted by molar-refractivity contribution is 4.48. The lowest BCUT2D eigenvalue weighted by Crippen LogP contribution is -2.34.